The van der Waals surface area contributed by atoms with Crippen LogP contribution in [0.1, 0.15) is 50.6 Å². The number of carbonyl (C=O) groups excluding carboxylic acids is 1. The maximum absolute atomic E-state index is 12.0. The molecule has 0 aliphatic heterocycles. The van der Waals surface area contributed by atoms with Gasteiger partial charge in [0.05, 0.1) is 23.2 Å². The summed E-state index contributed by atoms with van der Waals surface area (Å²) in [5.41, 5.74) is 1.65. The Bertz CT molecular complexity index is 451. The molecule has 0 unspecified atom stereocenters. The second kappa shape index (κ2) is 6.83. The summed E-state index contributed by atoms with van der Waals surface area (Å²) in [7, 11) is 0. The van der Waals surface area contributed by atoms with Crippen LogP contribution in [0.15, 0.2) is 10.9 Å². The number of aromatic nitrogens is 1. The molecule has 1 fully saturated rings. The highest BCUT2D eigenvalue weighted by Crippen LogP contribution is 2.38. The zero-order valence-corrected chi connectivity index (χ0v) is 12.2. The number of nitrogens with one attached hydrogen (secondary N) is 1. The number of rotatable bonds is 5. The molecule has 0 saturated heterocycles. The molecule has 5 nitrogen and oxygen atoms in total. The Morgan fingerprint density at radius 2 is 2.00 bits per heavy atom. The molecular weight excluding hydrogens is 276 g/mol. The highest BCUT2D eigenvalue weighted by atomic mass is 32.1. The molecule has 2 rings (SSSR count). The Morgan fingerprint density at radius 1 is 1.30 bits per heavy atom. The molecule has 0 radical (unpaired) electrons. The summed E-state index contributed by atoms with van der Waals surface area (Å²) in [5, 5.41) is 14.2. The van der Waals surface area contributed by atoms with Crippen LogP contribution < -0.4 is 5.32 Å². The fourth-order valence-corrected chi connectivity index (χ4v) is 3.31. The largest absolute Gasteiger partial charge is 0.481 e. The maximum Gasteiger partial charge on any atom is 0.310 e. The monoisotopic (exact) mass is 296 g/mol. The van der Waals surface area contributed by atoms with Crippen molar-refractivity contribution in [2.45, 2.75) is 51.5 Å². The highest BCUT2D eigenvalue weighted by molar-refractivity contribution is 7.07. The lowest BCUT2D eigenvalue weighted by molar-refractivity contribution is -0.152. The van der Waals surface area contributed by atoms with Crippen LogP contribution in [0.25, 0.3) is 0 Å². The number of carboxylic acid groups (broad SMARTS) is 1. The van der Waals surface area contributed by atoms with Gasteiger partial charge in [-0.2, -0.15) is 0 Å². The Labute approximate surface area is 122 Å². The Hall–Kier alpha value is -1.43. The van der Waals surface area contributed by atoms with Crippen LogP contribution in [0.3, 0.4) is 0 Å². The lowest BCUT2D eigenvalue weighted by Gasteiger charge is -2.27. The molecular formula is C14H20N2O3S. The molecule has 1 aliphatic rings. The molecule has 2 N–H and O–H groups in total. The first kappa shape index (κ1) is 15.0. The van der Waals surface area contributed by atoms with Crippen LogP contribution in [-0.4, -0.2) is 22.0 Å². The van der Waals surface area contributed by atoms with E-state index in [0.717, 1.165) is 31.4 Å². The smallest absolute Gasteiger partial charge is 0.310 e. The number of amides is 1. The van der Waals surface area contributed by atoms with Crippen molar-refractivity contribution in [2.24, 2.45) is 5.41 Å². The van der Waals surface area contributed by atoms with Gasteiger partial charge in [0.2, 0.25) is 5.91 Å². The molecule has 1 amide bonds. The van der Waals surface area contributed by atoms with Gasteiger partial charge in [-0.05, 0) is 12.8 Å². The van der Waals surface area contributed by atoms with E-state index in [-0.39, 0.29) is 12.3 Å². The van der Waals surface area contributed by atoms with Crippen LogP contribution in [-0.2, 0) is 16.1 Å². The van der Waals surface area contributed by atoms with E-state index < -0.39 is 11.4 Å². The molecule has 0 atom stereocenters. The van der Waals surface area contributed by atoms with Gasteiger partial charge in [-0.15, -0.1) is 11.3 Å². The first-order valence-electron chi connectivity index (χ1n) is 7.00. The molecule has 1 saturated carbocycles. The van der Waals surface area contributed by atoms with Gasteiger partial charge in [0.1, 0.15) is 0 Å². The van der Waals surface area contributed by atoms with E-state index in [0.29, 0.717) is 19.4 Å². The quantitative estimate of drug-likeness (QED) is 0.818. The van der Waals surface area contributed by atoms with Gasteiger partial charge < -0.3 is 10.4 Å². The lowest BCUT2D eigenvalue weighted by Crippen LogP contribution is -2.37. The molecule has 1 aliphatic carbocycles. The minimum absolute atomic E-state index is 0.0759. The summed E-state index contributed by atoms with van der Waals surface area (Å²) in [6.07, 6.45) is 5.20. The van der Waals surface area contributed by atoms with Crippen molar-refractivity contribution >= 4 is 23.2 Å². The topological polar surface area (TPSA) is 79.3 Å². The number of carbonyl (C=O) groups is 2. The summed E-state index contributed by atoms with van der Waals surface area (Å²) >= 11 is 1.48. The number of nitrogens with zero attached hydrogens (tertiary/aromatic N) is 1. The van der Waals surface area contributed by atoms with Crippen LogP contribution in [0.2, 0.25) is 0 Å². The van der Waals surface area contributed by atoms with E-state index in [1.807, 2.05) is 5.38 Å². The first-order chi connectivity index (χ1) is 9.62. The number of hydrogen-bond acceptors (Lipinski definition) is 4. The predicted molar refractivity (Wildman–Crippen MR) is 76.3 cm³/mol. The molecule has 6 heteroatoms. The Balaban J connectivity index is 1.93. The van der Waals surface area contributed by atoms with Gasteiger partial charge in [-0.25, -0.2) is 4.98 Å². The van der Waals surface area contributed by atoms with Crippen LogP contribution in [0, 0.1) is 5.41 Å². The average molecular weight is 296 g/mol. The van der Waals surface area contributed by atoms with Crippen molar-refractivity contribution in [3.8, 4) is 0 Å². The Kier molecular flexibility index (Phi) is 5.11. The highest BCUT2D eigenvalue weighted by Gasteiger charge is 2.40. The third-order valence-electron chi connectivity index (χ3n) is 3.96. The summed E-state index contributed by atoms with van der Waals surface area (Å²) in [5.74, 6) is -1.02. The first-order valence-corrected chi connectivity index (χ1v) is 7.94. The third-order valence-corrected chi connectivity index (χ3v) is 4.60. The normalized spacial score (nSPS) is 18.2. The van der Waals surface area contributed by atoms with E-state index in [2.05, 4.69) is 10.3 Å². The second-order valence-electron chi connectivity index (χ2n) is 5.43. The molecule has 1 aromatic rings. The molecule has 110 valence electrons. The van der Waals surface area contributed by atoms with E-state index >= 15 is 0 Å². The number of aliphatic carboxylic acids is 1. The molecule has 0 aromatic carbocycles. The number of thiazole rings is 1. The van der Waals surface area contributed by atoms with Crippen molar-refractivity contribution < 1.29 is 14.7 Å². The fourth-order valence-electron chi connectivity index (χ4n) is 2.76. The fraction of sp³-hybridized carbons (Fsp3) is 0.643. The molecule has 20 heavy (non-hydrogen) atoms. The number of carboxylic acids is 1. The molecule has 1 heterocycles. The summed E-state index contributed by atoms with van der Waals surface area (Å²) in [6, 6.07) is 0. The molecule has 0 spiro atoms. The van der Waals surface area contributed by atoms with Crippen molar-refractivity contribution in [3.05, 3.63) is 16.6 Å². The molecule has 0 bridgehead atoms. The zero-order valence-electron chi connectivity index (χ0n) is 11.4. The van der Waals surface area contributed by atoms with Crippen molar-refractivity contribution in [3.63, 3.8) is 0 Å². The number of hydrogen-bond donors (Lipinski definition) is 2. The van der Waals surface area contributed by atoms with E-state index in [9.17, 15) is 14.7 Å². The van der Waals surface area contributed by atoms with E-state index in [1.54, 1.807) is 5.51 Å². The second-order valence-corrected chi connectivity index (χ2v) is 6.15. The Morgan fingerprint density at radius 3 is 2.55 bits per heavy atom. The molecule has 1 aromatic heterocycles. The van der Waals surface area contributed by atoms with E-state index in [1.165, 1.54) is 11.3 Å². The zero-order chi connectivity index (χ0) is 14.4. The average Bonchev–Trinajstić information content (AvgIpc) is 2.82. The van der Waals surface area contributed by atoms with Gasteiger partial charge >= 0.3 is 5.97 Å². The van der Waals surface area contributed by atoms with Crippen LogP contribution in [0.4, 0.5) is 0 Å². The summed E-state index contributed by atoms with van der Waals surface area (Å²) in [4.78, 5) is 27.7. The van der Waals surface area contributed by atoms with Crippen molar-refractivity contribution in [1.29, 1.82) is 0 Å². The van der Waals surface area contributed by atoms with Gasteiger partial charge in [0.25, 0.3) is 0 Å². The van der Waals surface area contributed by atoms with Gasteiger partial charge in [-0.1, -0.05) is 25.7 Å². The summed E-state index contributed by atoms with van der Waals surface area (Å²) < 4.78 is 0. The predicted octanol–water partition coefficient (Wildman–Crippen LogP) is 2.57. The standard InChI is InChI=1S/C14H20N2O3S/c17-12(15-8-11-9-20-10-16-11)7-14(13(18)19)5-3-1-2-4-6-14/h9-10H,1-8H2,(H,15,17)(H,18,19). The van der Waals surface area contributed by atoms with Crippen LogP contribution in [0.5, 0.6) is 0 Å². The minimum Gasteiger partial charge on any atom is -0.481 e. The van der Waals surface area contributed by atoms with Gasteiger partial charge in [-0.3, -0.25) is 9.59 Å². The van der Waals surface area contributed by atoms with Crippen LogP contribution >= 0.6 is 11.3 Å². The maximum atomic E-state index is 12.0. The summed E-state index contributed by atoms with van der Waals surface area (Å²) in [6.45, 7) is 0.373. The minimum atomic E-state index is -0.872. The SMILES string of the molecule is O=C(CC1(C(=O)O)CCCCCC1)NCc1cscn1. The lowest BCUT2D eigenvalue weighted by atomic mass is 9.77. The van der Waals surface area contributed by atoms with Gasteiger partial charge in [0, 0.05) is 11.8 Å². The van der Waals surface area contributed by atoms with Gasteiger partial charge in [0.15, 0.2) is 0 Å². The van der Waals surface area contributed by atoms with E-state index in [4.69, 9.17) is 0 Å². The third kappa shape index (κ3) is 3.79. The van der Waals surface area contributed by atoms with Crippen molar-refractivity contribution in [2.75, 3.05) is 0 Å². The van der Waals surface area contributed by atoms with Crippen molar-refractivity contribution in [1.82, 2.24) is 10.3 Å².